The highest BCUT2D eigenvalue weighted by molar-refractivity contribution is 6.32. The summed E-state index contributed by atoms with van der Waals surface area (Å²) in [6.45, 7) is 0. The zero-order valence-corrected chi connectivity index (χ0v) is 11.0. The Labute approximate surface area is 122 Å². The van der Waals surface area contributed by atoms with Crippen LogP contribution in [0.1, 0.15) is 41.4 Å². The summed E-state index contributed by atoms with van der Waals surface area (Å²) >= 11 is 0. The maximum atomic E-state index is 12.1. The predicted molar refractivity (Wildman–Crippen MR) is 73.3 cm³/mol. The van der Waals surface area contributed by atoms with Crippen LogP contribution in [-0.4, -0.2) is 33.6 Å². The van der Waals surface area contributed by atoms with E-state index in [4.69, 9.17) is 11.7 Å². The molecular formula is C14H8N4O4. The van der Waals surface area contributed by atoms with Crippen molar-refractivity contribution < 1.29 is 19.2 Å². The van der Waals surface area contributed by atoms with Gasteiger partial charge in [0.1, 0.15) is 0 Å². The van der Waals surface area contributed by atoms with E-state index in [0.29, 0.717) is 10.0 Å². The topological polar surface area (TPSA) is 127 Å². The lowest BCUT2D eigenvalue weighted by Gasteiger charge is -2.28. The lowest BCUT2D eigenvalue weighted by atomic mass is 9.87. The minimum absolute atomic E-state index is 0.170. The number of hydrogen-bond acceptors (Lipinski definition) is 6. The molecule has 0 atom stereocenters. The second-order valence-electron chi connectivity index (χ2n) is 5.03. The minimum Gasteiger partial charge on any atom is -0.267 e. The Kier molecular flexibility index (Phi) is 2.15. The fourth-order valence-electron chi connectivity index (χ4n) is 2.91. The van der Waals surface area contributed by atoms with E-state index in [1.165, 1.54) is 24.3 Å². The van der Waals surface area contributed by atoms with Crippen molar-refractivity contribution in [3.63, 3.8) is 0 Å². The summed E-state index contributed by atoms with van der Waals surface area (Å²) < 4.78 is 0. The molecule has 0 fully saturated rings. The molecule has 0 saturated carbocycles. The SMILES string of the molecule is NN1C(=O)c2ccc3c4c(ccc(c24)C1=O)C(=O)N(N)C3=O. The highest BCUT2D eigenvalue weighted by atomic mass is 16.2. The van der Waals surface area contributed by atoms with E-state index in [0.717, 1.165) is 0 Å². The first-order chi connectivity index (χ1) is 10.4. The lowest BCUT2D eigenvalue weighted by Crippen LogP contribution is -2.47. The van der Waals surface area contributed by atoms with Gasteiger partial charge in [-0.25, -0.2) is 21.7 Å². The summed E-state index contributed by atoms with van der Waals surface area (Å²) in [5.41, 5.74) is 0.681. The van der Waals surface area contributed by atoms with Crippen molar-refractivity contribution in [1.82, 2.24) is 10.0 Å². The molecule has 8 nitrogen and oxygen atoms in total. The van der Waals surface area contributed by atoms with E-state index in [-0.39, 0.29) is 33.0 Å². The van der Waals surface area contributed by atoms with Crippen LogP contribution in [-0.2, 0) is 0 Å². The van der Waals surface area contributed by atoms with Crippen LogP contribution in [0.25, 0.3) is 10.8 Å². The Morgan fingerprint density at radius 1 is 0.545 bits per heavy atom. The number of carbonyl (C=O) groups is 4. The molecule has 2 aromatic rings. The van der Waals surface area contributed by atoms with E-state index in [9.17, 15) is 19.2 Å². The fraction of sp³-hybridized carbons (Fsp3) is 0. The van der Waals surface area contributed by atoms with Gasteiger partial charge in [0, 0.05) is 10.8 Å². The average Bonchev–Trinajstić information content (AvgIpc) is 2.53. The fourth-order valence-corrected chi connectivity index (χ4v) is 2.91. The van der Waals surface area contributed by atoms with Crippen LogP contribution in [0.5, 0.6) is 0 Å². The molecule has 4 rings (SSSR count). The summed E-state index contributed by atoms with van der Waals surface area (Å²) in [5, 5.41) is 1.56. The van der Waals surface area contributed by atoms with Crippen LogP contribution in [0.15, 0.2) is 24.3 Å². The Morgan fingerprint density at radius 2 is 0.773 bits per heavy atom. The van der Waals surface area contributed by atoms with E-state index in [1.54, 1.807) is 0 Å². The number of rotatable bonds is 0. The molecule has 4 N–H and O–H groups in total. The number of imide groups is 2. The molecule has 0 aliphatic carbocycles. The van der Waals surface area contributed by atoms with E-state index >= 15 is 0 Å². The highest BCUT2D eigenvalue weighted by Gasteiger charge is 2.38. The first kappa shape index (κ1) is 12.6. The molecule has 0 saturated heterocycles. The second-order valence-corrected chi connectivity index (χ2v) is 5.03. The molecule has 2 heterocycles. The van der Waals surface area contributed by atoms with Crippen molar-refractivity contribution in [3.05, 3.63) is 46.5 Å². The molecule has 22 heavy (non-hydrogen) atoms. The Balaban J connectivity index is 2.24. The van der Waals surface area contributed by atoms with Gasteiger partial charge in [-0.3, -0.25) is 19.2 Å². The molecule has 0 bridgehead atoms. The van der Waals surface area contributed by atoms with Crippen LogP contribution in [0.2, 0.25) is 0 Å². The predicted octanol–water partition coefficient (Wildman–Crippen LogP) is -0.221. The Morgan fingerprint density at radius 3 is 1.00 bits per heavy atom. The standard InChI is InChI=1S/C14H8N4O4/c15-17-11(19)5-1-2-6-10-8(14(22)18(16)12(6)20)4-3-7(9(5)10)13(17)21/h1-4H,15-16H2. The van der Waals surface area contributed by atoms with E-state index in [1.807, 2.05) is 0 Å². The number of nitrogens with two attached hydrogens (primary N) is 2. The summed E-state index contributed by atoms with van der Waals surface area (Å²) in [4.78, 5) is 48.6. The van der Waals surface area contributed by atoms with Gasteiger partial charge in [-0.2, -0.15) is 0 Å². The number of amides is 4. The van der Waals surface area contributed by atoms with Gasteiger partial charge in [-0.15, -0.1) is 0 Å². The summed E-state index contributed by atoms with van der Waals surface area (Å²) in [6, 6.07) is 5.62. The third-order valence-corrected chi connectivity index (χ3v) is 3.96. The maximum Gasteiger partial charge on any atom is 0.275 e. The van der Waals surface area contributed by atoms with Gasteiger partial charge in [0.15, 0.2) is 0 Å². The van der Waals surface area contributed by atoms with Crippen molar-refractivity contribution in [2.24, 2.45) is 11.7 Å². The lowest BCUT2D eigenvalue weighted by molar-refractivity contribution is 0.0589. The van der Waals surface area contributed by atoms with Gasteiger partial charge in [0.2, 0.25) is 0 Å². The van der Waals surface area contributed by atoms with E-state index < -0.39 is 23.6 Å². The van der Waals surface area contributed by atoms with Gasteiger partial charge < -0.3 is 0 Å². The van der Waals surface area contributed by atoms with E-state index in [2.05, 4.69) is 0 Å². The van der Waals surface area contributed by atoms with Crippen LogP contribution in [0.4, 0.5) is 0 Å². The number of hydrogen-bond donors (Lipinski definition) is 2. The van der Waals surface area contributed by atoms with Crippen LogP contribution in [0.3, 0.4) is 0 Å². The number of benzene rings is 2. The van der Waals surface area contributed by atoms with Crippen molar-refractivity contribution in [2.75, 3.05) is 0 Å². The summed E-state index contributed by atoms with van der Waals surface area (Å²) in [5.74, 6) is 8.23. The molecule has 2 aliphatic rings. The zero-order chi connectivity index (χ0) is 15.8. The molecule has 8 heteroatoms. The second kappa shape index (κ2) is 3.75. The van der Waals surface area contributed by atoms with Crippen LogP contribution < -0.4 is 11.7 Å². The monoisotopic (exact) mass is 296 g/mol. The zero-order valence-electron chi connectivity index (χ0n) is 11.0. The normalized spacial score (nSPS) is 16.8. The Bertz CT molecular complexity index is 802. The first-order valence-corrected chi connectivity index (χ1v) is 6.30. The van der Waals surface area contributed by atoms with Gasteiger partial charge in [-0.05, 0) is 24.3 Å². The molecular weight excluding hydrogens is 288 g/mol. The molecule has 4 amide bonds. The van der Waals surface area contributed by atoms with Crippen molar-refractivity contribution in [1.29, 1.82) is 0 Å². The average molecular weight is 296 g/mol. The quantitative estimate of drug-likeness (QED) is 0.393. The third kappa shape index (κ3) is 1.23. The minimum atomic E-state index is -0.684. The third-order valence-electron chi connectivity index (χ3n) is 3.96. The largest absolute Gasteiger partial charge is 0.275 e. The first-order valence-electron chi connectivity index (χ1n) is 6.30. The summed E-state index contributed by atoms with van der Waals surface area (Å²) in [6.07, 6.45) is 0. The van der Waals surface area contributed by atoms with Gasteiger partial charge in [0.05, 0.1) is 22.3 Å². The highest BCUT2D eigenvalue weighted by Crippen LogP contribution is 2.36. The van der Waals surface area contributed by atoms with Crippen molar-refractivity contribution in [3.8, 4) is 0 Å². The Hall–Kier alpha value is -3.10. The van der Waals surface area contributed by atoms with Gasteiger partial charge in [0.25, 0.3) is 23.6 Å². The molecule has 0 spiro atoms. The van der Waals surface area contributed by atoms with Crippen LogP contribution in [0, 0.1) is 0 Å². The molecule has 0 aromatic heterocycles. The molecule has 0 unspecified atom stereocenters. The molecule has 0 radical (unpaired) electrons. The smallest absolute Gasteiger partial charge is 0.267 e. The number of nitrogens with zero attached hydrogens (tertiary/aromatic N) is 2. The van der Waals surface area contributed by atoms with Crippen molar-refractivity contribution in [2.45, 2.75) is 0 Å². The molecule has 2 aliphatic heterocycles. The molecule has 2 aromatic carbocycles. The van der Waals surface area contributed by atoms with Gasteiger partial charge in [-0.1, -0.05) is 0 Å². The molecule has 108 valence electrons. The summed E-state index contributed by atoms with van der Waals surface area (Å²) in [7, 11) is 0. The maximum absolute atomic E-state index is 12.1. The number of carbonyl (C=O) groups excluding carboxylic acids is 4. The number of hydrazine groups is 2. The van der Waals surface area contributed by atoms with Crippen LogP contribution >= 0.6 is 0 Å². The van der Waals surface area contributed by atoms with Crippen molar-refractivity contribution >= 4 is 34.4 Å². The van der Waals surface area contributed by atoms with Gasteiger partial charge >= 0.3 is 0 Å².